The van der Waals surface area contributed by atoms with Crippen LogP contribution in [0.3, 0.4) is 0 Å². The second kappa shape index (κ2) is 10.9. The third-order valence-electron chi connectivity index (χ3n) is 5.65. The molecule has 4 N–H and O–H groups in total. The quantitative estimate of drug-likeness (QED) is 0.221. The SMILES string of the molecule is COc1cc(NC(C(=O)c2c[nH]c3c(F)c(F)ccc23)c2ccc(Cl)cc2CO)cc(OCCO)c1. The van der Waals surface area contributed by atoms with Crippen molar-refractivity contribution in [2.75, 3.05) is 25.6 Å². The topological polar surface area (TPSA) is 104 Å². The second-order valence-electron chi connectivity index (χ2n) is 7.90. The lowest BCUT2D eigenvalue weighted by atomic mass is 9.93. The van der Waals surface area contributed by atoms with Gasteiger partial charge in [-0.1, -0.05) is 17.7 Å². The molecule has 188 valence electrons. The standard InChI is InChI=1S/C26H23ClF2N2O5/c1-35-17-9-16(10-18(11-17)36-7-6-32)31-25(19-3-2-15(27)8-14(19)13-33)26(34)21-12-30-24-20(21)4-5-22(28)23(24)29/h2-5,8-12,25,30-33H,6-7,13H2,1H3. The van der Waals surface area contributed by atoms with E-state index in [9.17, 15) is 18.7 Å². The van der Waals surface area contributed by atoms with Gasteiger partial charge in [0.05, 0.1) is 25.8 Å². The summed E-state index contributed by atoms with van der Waals surface area (Å²) in [5.74, 6) is -1.77. The van der Waals surface area contributed by atoms with Gasteiger partial charge >= 0.3 is 0 Å². The summed E-state index contributed by atoms with van der Waals surface area (Å²) in [5, 5.41) is 22.8. The zero-order valence-electron chi connectivity index (χ0n) is 19.1. The summed E-state index contributed by atoms with van der Waals surface area (Å²) in [5.41, 5.74) is 1.28. The second-order valence-corrected chi connectivity index (χ2v) is 8.33. The molecule has 7 nitrogen and oxygen atoms in total. The van der Waals surface area contributed by atoms with Gasteiger partial charge in [-0.3, -0.25) is 4.79 Å². The number of aromatic amines is 1. The van der Waals surface area contributed by atoms with Crippen LogP contribution in [0.4, 0.5) is 14.5 Å². The fourth-order valence-electron chi connectivity index (χ4n) is 3.96. The Morgan fingerprint density at radius 3 is 2.61 bits per heavy atom. The molecule has 1 atom stereocenters. The number of rotatable bonds is 10. The van der Waals surface area contributed by atoms with Crippen molar-refractivity contribution in [1.82, 2.24) is 4.98 Å². The van der Waals surface area contributed by atoms with Crippen LogP contribution in [-0.4, -0.2) is 41.3 Å². The van der Waals surface area contributed by atoms with E-state index in [2.05, 4.69) is 10.3 Å². The van der Waals surface area contributed by atoms with Crippen LogP contribution >= 0.6 is 11.6 Å². The number of hydrogen-bond donors (Lipinski definition) is 4. The van der Waals surface area contributed by atoms with Crippen LogP contribution in [0.2, 0.25) is 5.02 Å². The lowest BCUT2D eigenvalue weighted by Crippen LogP contribution is -2.23. The predicted molar refractivity (Wildman–Crippen MR) is 132 cm³/mol. The van der Waals surface area contributed by atoms with Gasteiger partial charge in [-0.25, -0.2) is 8.78 Å². The van der Waals surface area contributed by atoms with Crippen LogP contribution in [0.5, 0.6) is 11.5 Å². The molecule has 4 aromatic rings. The summed E-state index contributed by atoms with van der Waals surface area (Å²) in [6.07, 6.45) is 1.32. The highest BCUT2D eigenvalue weighted by Crippen LogP contribution is 2.34. The number of carbonyl (C=O) groups excluding carboxylic acids is 1. The molecule has 0 fully saturated rings. The Morgan fingerprint density at radius 2 is 1.89 bits per heavy atom. The van der Waals surface area contributed by atoms with E-state index < -0.39 is 30.1 Å². The Hall–Kier alpha value is -3.66. The summed E-state index contributed by atoms with van der Waals surface area (Å²) in [6.45, 7) is -0.528. The van der Waals surface area contributed by atoms with Crippen molar-refractivity contribution in [3.63, 3.8) is 0 Å². The van der Waals surface area contributed by atoms with E-state index in [1.54, 1.807) is 36.4 Å². The van der Waals surface area contributed by atoms with E-state index in [1.165, 1.54) is 19.4 Å². The largest absolute Gasteiger partial charge is 0.497 e. The number of aromatic nitrogens is 1. The van der Waals surface area contributed by atoms with Gasteiger partial charge < -0.3 is 30.0 Å². The maximum Gasteiger partial charge on any atom is 0.191 e. The number of carbonyl (C=O) groups is 1. The Kier molecular flexibility index (Phi) is 7.73. The molecule has 1 aromatic heterocycles. The summed E-state index contributed by atoms with van der Waals surface area (Å²) >= 11 is 6.11. The summed E-state index contributed by atoms with van der Waals surface area (Å²) in [4.78, 5) is 16.5. The maximum absolute atomic E-state index is 14.3. The van der Waals surface area contributed by atoms with Gasteiger partial charge in [0.25, 0.3) is 0 Å². The molecular weight excluding hydrogens is 494 g/mol. The number of nitrogens with one attached hydrogen (secondary N) is 2. The molecule has 0 saturated carbocycles. The number of halogens is 3. The van der Waals surface area contributed by atoms with Crippen LogP contribution in [0, 0.1) is 11.6 Å². The molecule has 0 aliphatic carbocycles. The van der Waals surface area contributed by atoms with E-state index in [4.69, 9.17) is 26.2 Å². The molecule has 0 spiro atoms. The van der Waals surface area contributed by atoms with Gasteiger partial charge in [-0.05, 0) is 35.4 Å². The Labute approximate surface area is 210 Å². The molecule has 0 bridgehead atoms. The van der Waals surface area contributed by atoms with Crippen molar-refractivity contribution in [2.45, 2.75) is 12.6 Å². The van der Waals surface area contributed by atoms with Crippen LogP contribution < -0.4 is 14.8 Å². The van der Waals surface area contributed by atoms with Gasteiger partial charge in [0.2, 0.25) is 0 Å². The fourth-order valence-corrected chi connectivity index (χ4v) is 4.16. The van der Waals surface area contributed by atoms with Crippen molar-refractivity contribution >= 4 is 34.0 Å². The third-order valence-corrected chi connectivity index (χ3v) is 5.88. The number of benzene rings is 3. The molecule has 0 aliphatic heterocycles. The van der Waals surface area contributed by atoms with Crippen LogP contribution in [0.15, 0.2) is 54.7 Å². The first-order valence-corrected chi connectivity index (χ1v) is 11.3. The van der Waals surface area contributed by atoms with Crippen molar-refractivity contribution in [3.8, 4) is 11.5 Å². The summed E-state index contributed by atoms with van der Waals surface area (Å²) in [7, 11) is 1.47. The number of anilines is 1. The molecular formula is C26H23ClF2N2O5. The minimum Gasteiger partial charge on any atom is -0.497 e. The highest BCUT2D eigenvalue weighted by molar-refractivity contribution is 6.30. The van der Waals surface area contributed by atoms with Crippen LogP contribution in [-0.2, 0) is 6.61 Å². The molecule has 0 radical (unpaired) electrons. The first-order valence-electron chi connectivity index (χ1n) is 10.9. The normalized spacial score (nSPS) is 11.9. The van der Waals surface area contributed by atoms with E-state index in [0.29, 0.717) is 33.3 Å². The van der Waals surface area contributed by atoms with E-state index in [-0.39, 0.29) is 29.7 Å². The number of Topliss-reactive ketones (excluding diaryl/α,β-unsaturated/α-hetero) is 1. The maximum atomic E-state index is 14.3. The van der Waals surface area contributed by atoms with Crippen molar-refractivity contribution in [3.05, 3.63) is 88.1 Å². The lowest BCUT2D eigenvalue weighted by molar-refractivity contribution is 0.0970. The van der Waals surface area contributed by atoms with E-state index >= 15 is 0 Å². The number of ether oxygens (including phenoxy) is 2. The molecule has 0 saturated heterocycles. The highest BCUT2D eigenvalue weighted by atomic mass is 35.5. The van der Waals surface area contributed by atoms with Crippen LogP contribution in [0.1, 0.15) is 27.5 Å². The number of aliphatic hydroxyl groups is 2. The predicted octanol–water partition coefficient (Wildman–Crippen LogP) is 5.01. The van der Waals surface area contributed by atoms with Gasteiger partial charge in [0, 0.05) is 46.1 Å². The first kappa shape index (κ1) is 25.4. The van der Waals surface area contributed by atoms with Crippen molar-refractivity contribution < 1.29 is 33.3 Å². The first-order chi connectivity index (χ1) is 17.4. The molecule has 1 heterocycles. The number of aliphatic hydroxyl groups excluding tert-OH is 2. The molecule has 1 unspecified atom stereocenters. The molecule has 4 rings (SSSR count). The molecule has 0 amide bonds. The van der Waals surface area contributed by atoms with Crippen molar-refractivity contribution in [1.29, 1.82) is 0 Å². The minimum absolute atomic E-state index is 0.0538. The Morgan fingerprint density at radius 1 is 1.11 bits per heavy atom. The van der Waals surface area contributed by atoms with Gasteiger partial charge in [0.15, 0.2) is 17.4 Å². The van der Waals surface area contributed by atoms with Gasteiger partial charge in [-0.15, -0.1) is 0 Å². The fraction of sp³-hybridized carbons (Fsp3) is 0.192. The number of methoxy groups -OCH3 is 1. The van der Waals surface area contributed by atoms with Crippen LogP contribution in [0.25, 0.3) is 10.9 Å². The van der Waals surface area contributed by atoms with E-state index in [0.717, 1.165) is 6.07 Å². The minimum atomic E-state index is -1.09. The number of fused-ring (bicyclic) bond motifs is 1. The van der Waals surface area contributed by atoms with E-state index in [1.807, 2.05) is 0 Å². The van der Waals surface area contributed by atoms with Gasteiger partial charge in [0.1, 0.15) is 24.1 Å². The average Bonchev–Trinajstić information content (AvgIpc) is 3.32. The smallest absolute Gasteiger partial charge is 0.191 e. The van der Waals surface area contributed by atoms with Crippen molar-refractivity contribution in [2.24, 2.45) is 0 Å². The Balaban J connectivity index is 1.82. The number of H-pyrrole nitrogens is 1. The summed E-state index contributed by atoms with van der Waals surface area (Å²) < 4.78 is 38.9. The third kappa shape index (κ3) is 5.13. The average molecular weight is 517 g/mol. The van der Waals surface area contributed by atoms with Gasteiger partial charge in [-0.2, -0.15) is 0 Å². The Bertz CT molecular complexity index is 1410. The monoisotopic (exact) mass is 516 g/mol. The summed E-state index contributed by atoms with van der Waals surface area (Å²) in [6, 6.07) is 10.9. The highest BCUT2D eigenvalue weighted by Gasteiger charge is 2.28. The molecule has 0 aliphatic rings. The molecule has 3 aromatic carbocycles. The number of hydrogen-bond acceptors (Lipinski definition) is 6. The molecule has 36 heavy (non-hydrogen) atoms. The zero-order valence-corrected chi connectivity index (χ0v) is 19.9. The number of ketones is 1. The zero-order chi connectivity index (χ0) is 25.8. The lowest BCUT2D eigenvalue weighted by Gasteiger charge is -2.22. The molecule has 10 heteroatoms.